The Labute approximate surface area is 160 Å². The second kappa shape index (κ2) is 7.38. The summed E-state index contributed by atoms with van der Waals surface area (Å²) in [5.41, 5.74) is 2.13. The monoisotopic (exact) mass is 391 g/mol. The van der Waals surface area contributed by atoms with Crippen LogP contribution < -0.4 is 4.90 Å². The molecule has 9 heteroatoms. The van der Waals surface area contributed by atoms with Crippen molar-refractivity contribution in [3.05, 3.63) is 48.2 Å². The van der Waals surface area contributed by atoms with E-state index in [1.807, 2.05) is 29.4 Å². The van der Waals surface area contributed by atoms with Crippen LogP contribution in [0.25, 0.3) is 11.0 Å². The molecule has 1 aliphatic heterocycles. The van der Waals surface area contributed by atoms with Crippen molar-refractivity contribution < 1.29 is 17.9 Å². The van der Waals surface area contributed by atoms with E-state index in [0.29, 0.717) is 25.5 Å². The first-order valence-corrected chi connectivity index (χ1v) is 9.04. The lowest BCUT2D eigenvalue weighted by molar-refractivity contribution is -0.141. The van der Waals surface area contributed by atoms with Crippen LogP contribution in [-0.2, 0) is 17.5 Å². The van der Waals surface area contributed by atoms with Gasteiger partial charge in [-0.25, -0.2) is 15.0 Å². The minimum Gasteiger partial charge on any atom is -0.380 e. The lowest BCUT2D eigenvalue weighted by Gasteiger charge is -2.33. The van der Waals surface area contributed by atoms with Crippen LogP contribution in [0.3, 0.4) is 0 Å². The van der Waals surface area contributed by atoms with Gasteiger partial charge in [-0.1, -0.05) is 6.07 Å². The first kappa shape index (κ1) is 18.7. The third kappa shape index (κ3) is 3.66. The third-order valence-electron chi connectivity index (χ3n) is 5.08. The van der Waals surface area contributed by atoms with Crippen molar-refractivity contribution in [2.45, 2.75) is 31.7 Å². The molecule has 0 saturated carbocycles. The van der Waals surface area contributed by atoms with E-state index in [2.05, 4.69) is 19.5 Å². The fraction of sp³-hybridized carbons (Fsp3) is 0.421. The summed E-state index contributed by atoms with van der Waals surface area (Å²) in [5, 5.41) is 0. The van der Waals surface area contributed by atoms with Crippen molar-refractivity contribution >= 4 is 16.9 Å². The fourth-order valence-corrected chi connectivity index (χ4v) is 3.67. The molecule has 3 heterocycles. The van der Waals surface area contributed by atoms with E-state index in [1.54, 1.807) is 7.11 Å². The molecule has 0 spiro atoms. The highest BCUT2D eigenvalue weighted by atomic mass is 19.4. The number of anilines is 1. The minimum atomic E-state index is -4.46. The number of ether oxygens (including phenoxy) is 1. The van der Waals surface area contributed by atoms with E-state index >= 15 is 0 Å². The smallest absolute Gasteiger partial charge is 0.380 e. The molecule has 0 radical (unpaired) electrons. The highest BCUT2D eigenvalue weighted by molar-refractivity contribution is 5.76. The largest absolute Gasteiger partial charge is 0.433 e. The van der Waals surface area contributed by atoms with Crippen LogP contribution in [0.2, 0.25) is 0 Å². The van der Waals surface area contributed by atoms with Gasteiger partial charge in [-0.2, -0.15) is 13.2 Å². The number of alkyl halides is 3. The number of hydrogen-bond donors (Lipinski definition) is 0. The van der Waals surface area contributed by atoms with Gasteiger partial charge in [-0.05, 0) is 30.5 Å². The van der Waals surface area contributed by atoms with Gasteiger partial charge >= 0.3 is 6.18 Å². The van der Waals surface area contributed by atoms with Gasteiger partial charge in [0, 0.05) is 32.3 Å². The standard InChI is InChI=1S/C19H20F3N5O/c1-28-10-13-2-3-16-15(8-13)25-12-27(16)14-4-6-26(7-5-14)18-9-17(19(20,21)22)23-11-24-18/h2-3,8-9,11-12,14H,4-7,10H2,1H3. The number of aromatic nitrogens is 4. The molecular formula is C19H20F3N5O. The van der Waals surface area contributed by atoms with Gasteiger partial charge in [0.05, 0.1) is 24.0 Å². The average molecular weight is 391 g/mol. The summed E-state index contributed by atoms with van der Waals surface area (Å²) in [6.07, 6.45) is -0.0417. The van der Waals surface area contributed by atoms with Crippen molar-refractivity contribution in [1.29, 1.82) is 0 Å². The predicted octanol–water partition coefficient (Wildman–Crippen LogP) is 3.83. The lowest BCUT2D eigenvalue weighted by atomic mass is 10.0. The summed E-state index contributed by atoms with van der Waals surface area (Å²) >= 11 is 0. The molecule has 4 rings (SSSR count). The van der Waals surface area contributed by atoms with Crippen molar-refractivity contribution in [2.24, 2.45) is 0 Å². The molecule has 0 N–H and O–H groups in total. The number of halogens is 3. The van der Waals surface area contributed by atoms with Crippen LogP contribution in [-0.4, -0.2) is 39.7 Å². The summed E-state index contributed by atoms with van der Waals surface area (Å²) < 4.78 is 46.0. The highest BCUT2D eigenvalue weighted by Crippen LogP contribution is 2.32. The van der Waals surface area contributed by atoms with Crippen molar-refractivity contribution in [3.8, 4) is 0 Å². The normalized spacial score (nSPS) is 16.1. The number of nitrogens with zero attached hydrogens (tertiary/aromatic N) is 5. The summed E-state index contributed by atoms with van der Waals surface area (Å²) in [5.74, 6) is 0.320. The Bertz CT molecular complexity index is 964. The quantitative estimate of drug-likeness (QED) is 0.677. The van der Waals surface area contributed by atoms with E-state index in [4.69, 9.17) is 4.74 Å². The molecule has 0 amide bonds. The molecule has 148 valence electrons. The van der Waals surface area contributed by atoms with E-state index in [1.165, 1.54) is 0 Å². The highest BCUT2D eigenvalue weighted by Gasteiger charge is 2.33. The first-order chi connectivity index (χ1) is 13.5. The zero-order chi connectivity index (χ0) is 19.7. The van der Waals surface area contributed by atoms with E-state index in [0.717, 1.165) is 41.8 Å². The fourth-order valence-electron chi connectivity index (χ4n) is 3.67. The first-order valence-electron chi connectivity index (χ1n) is 9.04. The Morgan fingerprint density at radius 1 is 1.11 bits per heavy atom. The number of methoxy groups -OCH3 is 1. The maximum absolute atomic E-state index is 12.9. The Balaban J connectivity index is 1.48. The van der Waals surface area contributed by atoms with Gasteiger partial charge in [-0.15, -0.1) is 0 Å². The summed E-state index contributed by atoms with van der Waals surface area (Å²) in [6.45, 7) is 1.79. The summed E-state index contributed by atoms with van der Waals surface area (Å²) in [4.78, 5) is 13.7. The topological polar surface area (TPSA) is 56.1 Å². The van der Waals surface area contributed by atoms with Gasteiger partial charge in [-0.3, -0.25) is 0 Å². The van der Waals surface area contributed by atoms with Gasteiger partial charge in [0.15, 0.2) is 0 Å². The van der Waals surface area contributed by atoms with E-state index in [9.17, 15) is 13.2 Å². The second-order valence-electron chi connectivity index (χ2n) is 6.89. The molecule has 1 aromatic carbocycles. The van der Waals surface area contributed by atoms with Crippen LogP contribution >= 0.6 is 0 Å². The molecule has 3 aromatic rings. The SMILES string of the molecule is COCc1ccc2c(c1)ncn2C1CCN(c2cc(C(F)(F)F)ncn2)CC1. The molecule has 0 unspecified atom stereocenters. The molecular weight excluding hydrogens is 371 g/mol. The number of benzene rings is 1. The Hall–Kier alpha value is -2.68. The molecule has 0 atom stereocenters. The second-order valence-corrected chi connectivity index (χ2v) is 6.89. The van der Waals surface area contributed by atoms with Gasteiger partial charge < -0.3 is 14.2 Å². The van der Waals surface area contributed by atoms with Crippen LogP contribution in [0.5, 0.6) is 0 Å². The number of imidazole rings is 1. The number of fused-ring (bicyclic) bond motifs is 1. The predicted molar refractivity (Wildman–Crippen MR) is 98.0 cm³/mol. The summed E-state index contributed by atoms with van der Waals surface area (Å²) in [6, 6.07) is 7.36. The van der Waals surface area contributed by atoms with Crippen molar-refractivity contribution in [3.63, 3.8) is 0 Å². The number of hydrogen-bond acceptors (Lipinski definition) is 5. The van der Waals surface area contributed by atoms with Crippen LogP contribution in [0.15, 0.2) is 36.9 Å². The van der Waals surface area contributed by atoms with Gasteiger partial charge in [0.2, 0.25) is 0 Å². The maximum Gasteiger partial charge on any atom is 0.433 e. The van der Waals surface area contributed by atoms with Crippen molar-refractivity contribution in [2.75, 3.05) is 25.1 Å². The molecule has 2 aromatic heterocycles. The number of rotatable bonds is 4. The Morgan fingerprint density at radius 2 is 1.89 bits per heavy atom. The molecule has 28 heavy (non-hydrogen) atoms. The zero-order valence-corrected chi connectivity index (χ0v) is 15.4. The maximum atomic E-state index is 12.9. The van der Waals surface area contributed by atoms with Crippen LogP contribution in [0, 0.1) is 0 Å². The molecule has 1 saturated heterocycles. The summed E-state index contributed by atoms with van der Waals surface area (Å²) in [7, 11) is 1.66. The molecule has 1 fully saturated rings. The Kier molecular flexibility index (Phi) is 4.92. The van der Waals surface area contributed by atoms with E-state index in [-0.39, 0.29) is 6.04 Å². The average Bonchev–Trinajstić information content (AvgIpc) is 3.11. The van der Waals surface area contributed by atoms with Gasteiger partial charge in [0.1, 0.15) is 17.8 Å². The van der Waals surface area contributed by atoms with Crippen molar-refractivity contribution in [1.82, 2.24) is 19.5 Å². The molecule has 6 nitrogen and oxygen atoms in total. The zero-order valence-electron chi connectivity index (χ0n) is 15.4. The lowest BCUT2D eigenvalue weighted by Crippen LogP contribution is -2.35. The molecule has 1 aliphatic rings. The number of piperidine rings is 1. The van der Waals surface area contributed by atoms with Gasteiger partial charge in [0.25, 0.3) is 0 Å². The molecule has 0 aliphatic carbocycles. The third-order valence-corrected chi connectivity index (χ3v) is 5.08. The van der Waals surface area contributed by atoms with Crippen LogP contribution in [0.4, 0.5) is 19.0 Å². The minimum absolute atomic E-state index is 0.249. The van der Waals surface area contributed by atoms with Crippen LogP contribution in [0.1, 0.15) is 30.1 Å². The van der Waals surface area contributed by atoms with E-state index < -0.39 is 11.9 Å². The Morgan fingerprint density at radius 3 is 2.61 bits per heavy atom. The molecule has 0 bridgehead atoms.